The Morgan fingerprint density at radius 1 is 1.39 bits per heavy atom. The molecule has 0 aromatic carbocycles. The van der Waals surface area contributed by atoms with Gasteiger partial charge in [0.15, 0.2) is 0 Å². The van der Waals surface area contributed by atoms with Gasteiger partial charge in [-0.05, 0) is 18.8 Å². The van der Waals surface area contributed by atoms with E-state index in [-0.39, 0.29) is 0 Å². The number of rotatable bonds is 8. The summed E-state index contributed by atoms with van der Waals surface area (Å²) < 4.78 is 7.34. The highest BCUT2D eigenvalue weighted by atomic mass is 16.5. The predicted octanol–water partition coefficient (Wildman–Crippen LogP) is 2.04. The smallest absolute Gasteiger partial charge is 0.147 e. The van der Waals surface area contributed by atoms with Gasteiger partial charge in [-0.2, -0.15) is 5.10 Å². The highest BCUT2D eigenvalue weighted by Gasteiger charge is 2.10. The molecule has 5 nitrogen and oxygen atoms in total. The van der Waals surface area contributed by atoms with Gasteiger partial charge < -0.3 is 15.8 Å². The second-order valence-electron chi connectivity index (χ2n) is 4.91. The number of hydrogen-bond donors (Lipinski definition) is 2. The Morgan fingerprint density at radius 3 is 2.67 bits per heavy atom. The second kappa shape index (κ2) is 7.26. The third-order valence-corrected chi connectivity index (χ3v) is 2.87. The van der Waals surface area contributed by atoms with Crippen LogP contribution in [0, 0.1) is 5.92 Å². The van der Waals surface area contributed by atoms with E-state index in [1.165, 1.54) is 0 Å². The van der Waals surface area contributed by atoms with E-state index in [1.54, 1.807) is 4.68 Å². The number of nitrogens with two attached hydrogens (primary N) is 1. The van der Waals surface area contributed by atoms with E-state index in [1.807, 2.05) is 7.05 Å². The van der Waals surface area contributed by atoms with Crippen molar-refractivity contribution in [1.82, 2.24) is 9.78 Å². The van der Waals surface area contributed by atoms with Gasteiger partial charge in [0.2, 0.25) is 0 Å². The molecule has 0 aliphatic rings. The van der Waals surface area contributed by atoms with Crippen LogP contribution in [0.25, 0.3) is 0 Å². The number of aromatic nitrogens is 2. The monoisotopic (exact) mass is 254 g/mol. The average Bonchev–Trinajstić information content (AvgIpc) is 2.59. The van der Waals surface area contributed by atoms with Crippen molar-refractivity contribution in [1.29, 1.82) is 0 Å². The Hall–Kier alpha value is -1.23. The van der Waals surface area contributed by atoms with Crippen molar-refractivity contribution in [3.05, 3.63) is 5.69 Å². The molecule has 0 aliphatic heterocycles. The predicted molar refractivity (Wildman–Crippen MR) is 75.8 cm³/mol. The summed E-state index contributed by atoms with van der Waals surface area (Å²) in [5, 5.41) is 7.63. The lowest BCUT2D eigenvalue weighted by Crippen LogP contribution is -2.13. The molecule has 0 amide bonds. The first-order valence-corrected chi connectivity index (χ1v) is 6.69. The molecule has 1 rings (SSSR count). The van der Waals surface area contributed by atoms with Crippen molar-refractivity contribution < 1.29 is 4.74 Å². The van der Waals surface area contributed by atoms with Crippen LogP contribution in [0.5, 0.6) is 0 Å². The lowest BCUT2D eigenvalue weighted by molar-refractivity contribution is 0.132. The molecule has 1 heterocycles. The Balaban J connectivity index is 2.29. The molecule has 0 aliphatic carbocycles. The summed E-state index contributed by atoms with van der Waals surface area (Å²) in [7, 11) is 1.90. The zero-order chi connectivity index (χ0) is 13.5. The van der Waals surface area contributed by atoms with E-state index in [9.17, 15) is 0 Å². The van der Waals surface area contributed by atoms with E-state index in [4.69, 9.17) is 10.5 Å². The molecule has 0 spiro atoms. The van der Waals surface area contributed by atoms with Crippen LogP contribution in [0.4, 0.5) is 11.5 Å². The van der Waals surface area contributed by atoms with Crippen LogP contribution in [-0.4, -0.2) is 29.5 Å². The van der Waals surface area contributed by atoms with Gasteiger partial charge in [-0.25, -0.2) is 0 Å². The summed E-state index contributed by atoms with van der Waals surface area (Å²) in [5.41, 5.74) is 7.71. The van der Waals surface area contributed by atoms with E-state index in [2.05, 4.69) is 31.2 Å². The van der Waals surface area contributed by atoms with Gasteiger partial charge in [0.05, 0.1) is 18.0 Å². The van der Waals surface area contributed by atoms with E-state index >= 15 is 0 Å². The summed E-state index contributed by atoms with van der Waals surface area (Å²) in [4.78, 5) is 0. The van der Waals surface area contributed by atoms with Crippen LogP contribution in [-0.2, 0) is 18.2 Å². The average molecular weight is 254 g/mol. The van der Waals surface area contributed by atoms with Gasteiger partial charge in [0.25, 0.3) is 0 Å². The molecule has 0 fully saturated rings. The minimum atomic E-state index is 0.692. The van der Waals surface area contributed by atoms with Crippen molar-refractivity contribution in [2.45, 2.75) is 33.6 Å². The summed E-state index contributed by atoms with van der Waals surface area (Å²) in [6.07, 6.45) is 1.96. The van der Waals surface area contributed by atoms with Crippen LogP contribution < -0.4 is 11.1 Å². The fraction of sp³-hybridized carbons (Fsp3) is 0.769. The van der Waals surface area contributed by atoms with Crippen molar-refractivity contribution in [2.75, 3.05) is 30.8 Å². The molecule has 0 saturated carbocycles. The van der Waals surface area contributed by atoms with Gasteiger partial charge in [-0.15, -0.1) is 0 Å². The molecule has 3 N–H and O–H groups in total. The molecule has 104 valence electrons. The maximum absolute atomic E-state index is 6.01. The van der Waals surface area contributed by atoms with Crippen LogP contribution in [0.3, 0.4) is 0 Å². The maximum atomic E-state index is 6.01. The first-order valence-electron chi connectivity index (χ1n) is 6.69. The summed E-state index contributed by atoms with van der Waals surface area (Å²) in [5.74, 6) is 1.58. The Kier molecular flexibility index (Phi) is 5.98. The highest BCUT2D eigenvalue weighted by molar-refractivity contribution is 5.64. The normalized spacial score (nSPS) is 11.2. The minimum Gasteiger partial charge on any atom is -0.394 e. The van der Waals surface area contributed by atoms with E-state index < -0.39 is 0 Å². The summed E-state index contributed by atoms with van der Waals surface area (Å²) >= 11 is 0. The maximum Gasteiger partial charge on any atom is 0.147 e. The zero-order valence-corrected chi connectivity index (χ0v) is 12.0. The van der Waals surface area contributed by atoms with Crippen molar-refractivity contribution >= 4 is 11.5 Å². The quantitative estimate of drug-likeness (QED) is 0.697. The Bertz CT molecular complexity index is 360. The molecule has 1 aromatic heterocycles. The standard InChI is InChI=1S/C13H26N4O/c1-5-11-12(14)13(17(4)16-11)15-7-9-18-8-6-10(2)3/h10,15H,5-9,14H2,1-4H3. The van der Waals surface area contributed by atoms with Crippen LogP contribution in [0.15, 0.2) is 0 Å². The minimum absolute atomic E-state index is 0.692. The van der Waals surface area contributed by atoms with Crippen molar-refractivity contribution in [3.8, 4) is 0 Å². The lowest BCUT2D eigenvalue weighted by atomic mass is 10.1. The third kappa shape index (κ3) is 4.22. The molecule has 0 atom stereocenters. The van der Waals surface area contributed by atoms with Gasteiger partial charge in [0, 0.05) is 20.2 Å². The Labute approximate surface area is 110 Å². The molecule has 0 bridgehead atoms. The number of nitrogen functional groups attached to an aromatic ring is 1. The fourth-order valence-corrected chi connectivity index (χ4v) is 1.73. The van der Waals surface area contributed by atoms with Gasteiger partial charge in [0.1, 0.15) is 5.82 Å². The lowest BCUT2D eigenvalue weighted by Gasteiger charge is -2.09. The largest absolute Gasteiger partial charge is 0.394 e. The number of hydrogen-bond acceptors (Lipinski definition) is 4. The van der Waals surface area contributed by atoms with Gasteiger partial charge >= 0.3 is 0 Å². The zero-order valence-electron chi connectivity index (χ0n) is 12.0. The SMILES string of the molecule is CCc1nn(C)c(NCCOCCC(C)C)c1N. The third-order valence-electron chi connectivity index (χ3n) is 2.87. The van der Waals surface area contributed by atoms with Gasteiger partial charge in [-0.1, -0.05) is 20.8 Å². The molecule has 0 saturated heterocycles. The highest BCUT2D eigenvalue weighted by Crippen LogP contribution is 2.21. The number of aryl methyl sites for hydroxylation is 2. The van der Waals surface area contributed by atoms with Crippen molar-refractivity contribution in [3.63, 3.8) is 0 Å². The fourth-order valence-electron chi connectivity index (χ4n) is 1.73. The molecule has 1 aromatic rings. The van der Waals surface area contributed by atoms with Crippen LogP contribution in [0.2, 0.25) is 0 Å². The van der Waals surface area contributed by atoms with Crippen molar-refractivity contribution in [2.24, 2.45) is 13.0 Å². The number of ether oxygens (including phenoxy) is 1. The molecular weight excluding hydrogens is 228 g/mol. The molecule has 18 heavy (non-hydrogen) atoms. The molecule has 0 unspecified atom stereocenters. The Morgan fingerprint density at radius 2 is 2.11 bits per heavy atom. The number of nitrogens with one attached hydrogen (secondary N) is 1. The first kappa shape index (κ1) is 14.8. The number of nitrogens with zero attached hydrogens (tertiary/aromatic N) is 2. The second-order valence-corrected chi connectivity index (χ2v) is 4.91. The number of anilines is 2. The summed E-state index contributed by atoms with van der Waals surface area (Å²) in [6.45, 7) is 8.72. The molecule has 5 heteroatoms. The first-order chi connectivity index (χ1) is 8.56. The summed E-state index contributed by atoms with van der Waals surface area (Å²) in [6, 6.07) is 0. The van der Waals surface area contributed by atoms with Crippen LogP contribution >= 0.6 is 0 Å². The van der Waals surface area contributed by atoms with E-state index in [0.717, 1.165) is 43.2 Å². The van der Waals surface area contributed by atoms with Gasteiger partial charge in [-0.3, -0.25) is 4.68 Å². The topological polar surface area (TPSA) is 65.1 Å². The molecule has 0 radical (unpaired) electrons. The van der Waals surface area contributed by atoms with Crippen LogP contribution in [0.1, 0.15) is 32.9 Å². The van der Waals surface area contributed by atoms with E-state index in [0.29, 0.717) is 12.5 Å². The molecular formula is C13H26N4O.